The summed E-state index contributed by atoms with van der Waals surface area (Å²) >= 11 is 0. The Kier molecular flexibility index (Phi) is 6.09. The third-order valence-electron chi connectivity index (χ3n) is 2.93. The third kappa shape index (κ3) is 5.66. The van der Waals surface area contributed by atoms with E-state index in [2.05, 4.69) is 10.3 Å². The minimum absolute atomic E-state index is 0.0919. The number of nitrogens with zero attached hydrogens (tertiary/aromatic N) is 1. The Labute approximate surface area is 119 Å². The van der Waals surface area contributed by atoms with E-state index in [0.29, 0.717) is 6.54 Å². The molecule has 0 aliphatic rings. The van der Waals surface area contributed by atoms with Crippen LogP contribution in [-0.2, 0) is 27.6 Å². The number of carbonyl (C=O) groups excluding carboxylic acids is 1. The fourth-order valence-electron chi connectivity index (χ4n) is 1.73. The van der Waals surface area contributed by atoms with Gasteiger partial charge >= 0.3 is 0 Å². The summed E-state index contributed by atoms with van der Waals surface area (Å²) in [5.41, 5.74) is 7.53. The summed E-state index contributed by atoms with van der Waals surface area (Å²) < 4.78 is 22.0. The van der Waals surface area contributed by atoms with Crippen molar-refractivity contribution in [1.82, 2.24) is 10.3 Å². The number of hydrogen-bond acceptors (Lipinski definition) is 5. The Morgan fingerprint density at radius 2 is 2.20 bits per heavy atom. The van der Waals surface area contributed by atoms with Gasteiger partial charge in [0, 0.05) is 12.5 Å². The van der Waals surface area contributed by atoms with Crippen LogP contribution in [0.3, 0.4) is 0 Å². The predicted octanol–water partition coefficient (Wildman–Crippen LogP) is 0.0222. The third-order valence-corrected chi connectivity index (χ3v) is 3.91. The van der Waals surface area contributed by atoms with Crippen molar-refractivity contribution >= 4 is 15.7 Å². The smallest absolute Gasteiger partial charge is 0.237 e. The second-order valence-corrected chi connectivity index (χ2v) is 6.97. The molecule has 112 valence electrons. The van der Waals surface area contributed by atoms with Crippen molar-refractivity contribution in [1.29, 1.82) is 0 Å². The number of nitrogens with two attached hydrogens (primary N) is 1. The zero-order chi connectivity index (χ0) is 15.2. The highest BCUT2D eigenvalue weighted by molar-refractivity contribution is 7.90. The van der Waals surface area contributed by atoms with Crippen molar-refractivity contribution in [2.45, 2.75) is 32.4 Å². The highest BCUT2D eigenvalue weighted by Crippen LogP contribution is 2.05. The van der Waals surface area contributed by atoms with Crippen LogP contribution < -0.4 is 11.1 Å². The molecule has 0 aromatic carbocycles. The van der Waals surface area contributed by atoms with Crippen molar-refractivity contribution in [3.05, 3.63) is 29.6 Å². The van der Waals surface area contributed by atoms with Gasteiger partial charge in [0.1, 0.15) is 9.84 Å². The first kappa shape index (κ1) is 16.6. The molecule has 1 unspecified atom stereocenters. The van der Waals surface area contributed by atoms with Crippen LogP contribution in [0.15, 0.2) is 18.3 Å². The number of carbonyl (C=O) groups is 1. The molecular weight excluding hydrogens is 278 g/mol. The maximum Gasteiger partial charge on any atom is 0.237 e. The number of hydrogen-bond donors (Lipinski definition) is 2. The maximum atomic E-state index is 11.8. The van der Waals surface area contributed by atoms with Gasteiger partial charge in [-0.25, -0.2) is 8.42 Å². The predicted molar refractivity (Wildman–Crippen MR) is 77.8 cm³/mol. The SMILES string of the molecule is CCc1cccnc1CNC(=O)C(N)CCS(C)(=O)=O. The van der Waals surface area contributed by atoms with Crippen molar-refractivity contribution < 1.29 is 13.2 Å². The first-order valence-electron chi connectivity index (χ1n) is 6.47. The molecule has 0 bridgehead atoms. The first-order chi connectivity index (χ1) is 9.33. The molecule has 1 rings (SSSR count). The van der Waals surface area contributed by atoms with Crippen molar-refractivity contribution in [3.63, 3.8) is 0 Å². The van der Waals surface area contributed by atoms with Gasteiger partial charge in [0.15, 0.2) is 0 Å². The average molecular weight is 299 g/mol. The van der Waals surface area contributed by atoms with Gasteiger partial charge in [-0.2, -0.15) is 0 Å². The van der Waals surface area contributed by atoms with Gasteiger partial charge in [0.05, 0.1) is 24.0 Å². The zero-order valence-electron chi connectivity index (χ0n) is 11.8. The normalized spacial score (nSPS) is 12.9. The van der Waals surface area contributed by atoms with Crippen LogP contribution in [0.25, 0.3) is 0 Å². The van der Waals surface area contributed by atoms with Crippen LogP contribution in [0.2, 0.25) is 0 Å². The van der Waals surface area contributed by atoms with E-state index in [4.69, 9.17) is 5.73 Å². The van der Waals surface area contributed by atoms with Crippen LogP contribution in [0.5, 0.6) is 0 Å². The van der Waals surface area contributed by atoms with Crippen LogP contribution in [0.4, 0.5) is 0 Å². The summed E-state index contributed by atoms with van der Waals surface area (Å²) in [6, 6.07) is 2.98. The molecule has 0 radical (unpaired) electrons. The van der Waals surface area contributed by atoms with Crippen molar-refractivity contribution in [2.24, 2.45) is 5.73 Å². The van der Waals surface area contributed by atoms with Gasteiger partial charge in [0.25, 0.3) is 0 Å². The summed E-state index contributed by atoms with van der Waals surface area (Å²) in [5.74, 6) is -0.452. The average Bonchev–Trinajstić information content (AvgIpc) is 2.41. The van der Waals surface area contributed by atoms with Gasteiger partial charge in [-0.1, -0.05) is 13.0 Å². The van der Waals surface area contributed by atoms with Gasteiger partial charge in [-0.3, -0.25) is 9.78 Å². The summed E-state index contributed by atoms with van der Waals surface area (Å²) in [7, 11) is -3.10. The van der Waals surface area contributed by atoms with Crippen LogP contribution in [-0.4, -0.2) is 37.4 Å². The second kappa shape index (κ2) is 7.35. The molecule has 7 heteroatoms. The molecule has 20 heavy (non-hydrogen) atoms. The molecule has 0 fully saturated rings. The highest BCUT2D eigenvalue weighted by atomic mass is 32.2. The van der Waals surface area contributed by atoms with E-state index < -0.39 is 15.9 Å². The Morgan fingerprint density at radius 1 is 1.50 bits per heavy atom. The van der Waals surface area contributed by atoms with Crippen LogP contribution in [0.1, 0.15) is 24.6 Å². The van der Waals surface area contributed by atoms with E-state index in [1.807, 2.05) is 19.1 Å². The minimum atomic E-state index is -3.10. The molecule has 1 heterocycles. The monoisotopic (exact) mass is 299 g/mol. The molecule has 1 amide bonds. The topological polar surface area (TPSA) is 102 Å². The van der Waals surface area contributed by atoms with Gasteiger partial charge in [-0.15, -0.1) is 0 Å². The number of sulfone groups is 1. The minimum Gasteiger partial charge on any atom is -0.349 e. The van der Waals surface area contributed by atoms with E-state index in [1.54, 1.807) is 6.20 Å². The number of pyridine rings is 1. The van der Waals surface area contributed by atoms with E-state index in [9.17, 15) is 13.2 Å². The lowest BCUT2D eigenvalue weighted by molar-refractivity contribution is -0.122. The van der Waals surface area contributed by atoms with Gasteiger partial charge in [-0.05, 0) is 24.5 Å². The largest absolute Gasteiger partial charge is 0.349 e. The first-order valence-corrected chi connectivity index (χ1v) is 8.53. The Morgan fingerprint density at radius 3 is 2.80 bits per heavy atom. The molecule has 0 saturated heterocycles. The zero-order valence-corrected chi connectivity index (χ0v) is 12.6. The Bertz CT molecular complexity index is 558. The van der Waals surface area contributed by atoms with E-state index in [1.165, 1.54) is 0 Å². The molecular formula is C13H21N3O3S. The standard InChI is InChI=1S/C13H21N3O3S/c1-3-10-5-4-7-15-12(10)9-16-13(17)11(14)6-8-20(2,18)19/h4-5,7,11H,3,6,8-9,14H2,1-2H3,(H,16,17). The van der Waals surface area contributed by atoms with E-state index in [-0.39, 0.29) is 18.1 Å². The lowest BCUT2D eigenvalue weighted by Gasteiger charge is -2.12. The molecule has 0 saturated carbocycles. The summed E-state index contributed by atoms with van der Waals surface area (Å²) in [6.07, 6.45) is 3.75. The number of amides is 1. The van der Waals surface area contributed by atoms with Crippen LogP contribution in [0, 0.1) is 0 Å². The molecule has 0 aliphatic heterocycles. The number of rotatable bonds is 7. The lowest BCUT2D eigenvalue weighted by Crippen LogP contribution is -2.41. The Balaban J connectivity index is 2.50. The fraction of sp³-hybridized carbons (Fsp3) is 0.538. The number of nitrogens with one attached hydrogen (secondary N) is 1. The van der Waals surface area contributed by atoms with Crippen LogP contribution >= 0.6 is 0 Å². The molecule has 0 aliphatic carbocycles. The van der Waals surface area contributed by atoms with Crippen molar-refractivity contribution in [3.8, 4) is 0 Å². The lowest BCUT2D eigenvalue weighted by atomic mass is 10.1. The number of aryl methyl sites for hydroxylation is 1. The molecule has 1 atom stereocenters. The van der Waals surface area contributed by atoms with E-state index in [0.717, 1.165) is 23.9 Å². The molecule has 1 aromatic rings. The van der Waals surface area contributed by atoms with Gasteiger partial charge < -0.3 is 11.1 Å². The summed E-state index contributed by atoms with van der Waals surface area (Å²) in [6.45, 7) is 2.32. The molecule has 3 N–H and O–H groups in total. The fourth-order valence-corrected chi connectivity index (χ4v) is 2.41. The Hall–Kier alpha value is -1.47. The maximum absolute atomic E-state index is 11.8. The molecule has 1 aromatic heterocycles. The van der Waals surface area contributed by atoms with Crippen molar-refractivity contribution in [2.75, 3.05) is 12.0 Å². The number of aromatic nitrogens is 1. The second-order valence-electron chi connectivity index (χ2n) is 4.71. The molecule has 0 spiro atoms. The highest BCUT2D eigenvalue weighted by Gasteiger charge is 2.16. The molecule has 6 nitrogen and oxygen atoms in total. The van der Waals surface area contributed by atoms with E-state index >= 15 is 0 Å². The summed E-state index contributed by atoms with van der Waals surface area (Å²) in [5, 5.41) is 2.69. The van der Waals surface area contributed by atoms with Gasteiger partial charge in [0.2, 0.25) is 5.91 Å². The quantitative estimate of drug-likeness (QED) is 0.739. The summed E-state index contributed by atoms with van der Waals surface area (Å²) in [4.78, 5) is 16.0.